The molecule has 0 N–H and O–H groups in total. The van der Waals surface area contributed by atoms with Gasteiger partial charge in [-0.3, -0.25) is 0 Å². The van der Waals surface area contributed by atoms with Gasteiger partial charge in [0, 0.05) is 19.3 Å². The standard InChI is InChI=1S/C19H36N/c1-4-7-20(8-5-2,9-6-3)19-13-16-10-17(14-19)12-18(11-16)15-19/h16-18H,4-15H2,1-3H3/q+1. The van der Waals surface area contributed by atoms with Gasteiger partial charge >= 0.3 is 0 Å². The Morgan fingerprint density at radius 3 is 1.35 bits per heavy atom. The topological polar surface area (TPSA) is 0 Å². The number of rotatable bonds is 7. The highest BCUT2D eigenvalue weighted by atomic mass is 15.4. The molecule has 0 aliphatic heterocycles. The van der Waals surface area contributed by atoms with Gasteiger partial charge in [-0.25, -0.2) is 0 Å². The van der Waals surface area contributed by atoms with Crippen molar-refractivity contribution < 1.29 is 4.48 Å². The molecule has 4 rings (SSSR count). The van der Waals surface area contributed by atoms with E-state index in [1.54, 1.807) is 38.5 Å². The van der Waals surface area contributed by atoms with Gasteiger partial charge in [-0.1, -0.05) is 20.8 Å². The number of nitrogens with zero attached hydrogens (tertiary/aromatic N) is 1. The van der Waals surface area contributed by atoms with Crippen LogP contribution in [0.5, 0.6) is 0 Å². The van der Waals surface area contributed by atoms with Crippen LogP contribution in [-0.4, -0.2) is 29.7 Å². The van der Waals surface area contributed by atoms with Crippen molar-refractivity contribution in [2.75, 3.05) is 19.6 Å². The average molecular weight is 279 g/mol. The molecule has 0 unspecified atom stereocenters. The largest absolute Gasteiger partial charge is 0.319 e. The first kappa shape index (κ1) is 14.9. The van der Waals surface area contributed by atoms with Crippen LogP contribution >= 0.6 is 0 Å². The second kappa shape index (κ2) is 5.63. The summed E-state index contributed by atoms with van der Waals surface area (Å²) in [5.41, 5.74) is 0.705. The fraction of sp³-hybridized carbons (Fsp3) is 1.00. The van der Waals surface area contributed by atoms with Gasteiger partial charge in [0.1, 0.15) is 5.54 Å². The Morgan fingerprint density at radius 1 is 0.700 bits per heavy atom. The van der Waals surface area contributed by atoms with Gasteiger partial charge in [-0.05, 0) is 56.3 Å². The van der Waals surface area contributed by atoms with Crippen molar-refractivity contribution >= 4 is 0 Å². The van der Waals surface area contributed by atoms with Gasteiger partial charge in [-0.2, -0.15) is 0 Å². The van der Waals surface area contributed by atoms with Gasteiger partial charge in [0.05, 0.1) is 19.6 Å². The third kappa shape index (κ3) is 2.25. The first-order valence-corrected chi connectivity index (χ1v) is 9.53. The molecule has 4 aliphatic carbocycles. The van der Waals surface area contributed by atoms with Crippen LogP contribution in [0.2, 0.25) is 0 Å². The highest BCUT2D eigenvalue weighted by Gasteiger charge is 2.60. The van der Waals surface area contributed by atoms with Gasteiger partial charge < -0.3 is 4.48 Å². The van der Waals surface area contributed by atoms with Crippen LogP contribution in [0, 0.1) is 17.8 Å². The third-order valence-electron chi connectivity index (χ3n) is 6.97. The molecule has 4 bridgehead atoms. The molecule has 0 heterocycles. The van der Waals surface area contributed by atoms with Crippen molar-refractivity contribution in [3.05, 3.63) is 0 Å². The summed E-state index contributed by atoms with van der Waals surface area (Å²) in [5, 5.41) is 0. The van der Waals surface area contributed by atoms with Crippen LogP contribution in [-0.2, 0) is 0 Å². The molecule has 0 amide bonds. The maximum absolute atomic E-state index is 2.42. The minimum Gasteiger partial charge on any atom is -0.319 e. The fourth-order valence-corrected chi connectivity index (χ4v) is 6.98. The van der Waals surface area contributed by atoms with Crippen molar-refractivity contribution in [1.82, 2.24) is 0 Å². The van der Waals surface area contributed by atoms with E-state index in [4.69, 9.17) is 0 Å². The van der Waals surface area contributed by atoms with E-state index in [0.717, 1.165) is 17.8 Å². The minimum atomic E-state index is 0.705. The first-order valence-electron chi connectivity index (χ1n) is 9.53. The summed E-state index contributed by atoms with van der Waals surface area (Å²) in [6.07, 6.45) is 13.6. The lowest BCUT2D eigenvalue weighted by molar-refractivity contribution is -0.982. The summed E-state index contributed by atoms with van der Waals surface area (Å²) in [7, 11) is 0. The van der Waals surface area contributed by atoms with Crippen LogP contribution in [0.1, 0.15) is 78.6 Å². The molecule has 4 aliphatic rings. The molecule has 0 aromatic heterocycles. The molecule has 4 fully saturated rings. The van der Waals surface area contributed by atoms with Crippen molar-refractivity contribution in [3.63, 3.8) is 0 Å². The zero-order valence-electron chi connectivity index (χ0n) is 14.2. The predicted octanol–water partition coefficient (Wildman–Crippen LogP) is 5.00. The quantitative estimate of drug-likeness (QED) is 0.575. The number of hydrogen-bond acceptors (Lipinski definition) is 0. The molecule has 0 aromatic rings. The summed E-state index contributed by atoms with van der Waals surface area (Å²) < 4.78 is 1.50. The Hall–Kier alpha value is -0.0400. The summed E-state index contributed by atoms with van der Waals surface area (Å²) in [5.74, 6) is 3.30. The fourth-order valence-electron chi connectivity index (χ4n) is 6.98. The summed E-state index contributed by atoms with van der Waals surface area (Å²) in [6.45, 7) is 11.6. The van der Waals surface area contributed by atoms with Gasteiger partial charge in [0.25, 0.3) is 0 Å². The molecular formula is C19H36N+. The molecule has 0 atom stereocenters. The Morgan fingerprint density at radius 2 is 1.05 bits per heavy atom. The second-order valence-corrected chi connectivity index (χ2v) is 8.46. The van der Waals surface area contributed by atoms with E-state index in [0.29, 0.717) is 5.54 Å². The van der Waals surface area contributed by atoms with E-state index in [-0.39, 0.29) is 0 Å². The first-order chi connectivity index (χ1) is 9.67. The predicted molar refractivity (Wildman–Crippen MR) is 86.6 cm³/mol. The summed E-state index contributed by atoms with van der Waals surface area (Å²) in [6, 6.07) is 0. The molecule has 0 saturated heterocycles. The van der Waals surface area contributed by atoms with Crippen LogP contribution < -0.4 is 0 Å². The van der Waals surface area contributed by atoms with E-state index in [9.17, 15) is 0 Å². The molecule has 116 valence electrons. The van der Waals surface area contributed by atoms with Gasteiger partial charge in [0.15, 0.2) is 0 Å². The zero-order valence-corrected chi connectivity index (χ0v) is 14.2. The molecular weight excluding hydrogens is 242 g/mol. The molecule has 4 saturated carbocycles. The lowest BCUT2D eigenvalue weighted by Gasteiger charge is -2.64. The highest BCUT2D eigenvalue weighted by Crippen LogP contribution is 2.59. The number of hydrogen-bond donors (Lipinski definition) is 0. The van der Waals surface area contributed by atoms with Crippen LogP contribution in [0.25, 0.3) is 0 Å². The number of quaternary nitrogens is 1. The average Bonchev–Trinajstić information content (AvgIpc) is 2.37. The summed E-state index contributed by atoms with van der Waals surface area (Å²) >= 11 is 0. The van der Waals surface area contributed by atoms with Crippen molar-refractivity contribution in [3.8, 4) is 0 Å². The smallest absolute Gasteiger partial charge is 0.100 e. The second-order valence-electron chi connectivity index (χ2n) is 8.46. The van der Waals surface area contributed by atoms with E-state index in [1.807, 2.05) is 0 Å². The molecule has 1 heteroatoms. The van der Waals surface area contributed by atoms with Crippen molar-refractivity contribution in [1.29, 1.82) is 0 Å². The van der Waals surface area contributed by atoms with Crippen molar-refractivity contribution in [2.45, 2.75) is 84.1 Å². The maximum atomic E-state index is 2.42. The van der Waals surface area contributed by atoms with Crippen molar-refractivity contribution in [2.24, 2.45) is 17.8 Å². The normalized spacial score (nSPS) is 39.5. The van der Waals surface area contributed by atoms with Crippen LogP contribution in [0.4, 0.5) is 0 Å². The molecule has 20 heavy (non-hydrogen) atoms. The monoisotopic (exact) mass is 278 g/mol. The third-order valence-corrected chi connectivity index (χ3v) is 6.97. The SMILES string of the molecule is CCC[N+](CCC)(CCC)C12CC3CC(CC(C3)C1)C2. The molecule has 0 radical (unpaired) electrons. The molecule has 0 aromatic carbocycles. The zero-order chi connectivity index (χ0) is 14.2. The van der Waals surface area contributed by atoms with E-state index in [1.165, 1.54) is 43.4 Å². The van der Waals surface area contributed by atoms with Crippen LogP contribution in [0.15, 0.2) is 0 Å². The lowest BCUT2D eigenvalue weighted by Crippen LogP contribution is -2.71. The minimum absolute atomic E-state index is 0.705. The Labute approximate surface area is 126 Å². The van der Waals surface area contributed by atoms with Gasteiger partial charge in [0.2, 0.25) is 0 Å². The Bertz CT molecular complexity index is 280. The van der Waals surface area contributed by atoms with E-state index >= 15 is 0 Å². The Kier molecular flexibility index (Phi) is 4.19. The Balaban J connectivity index is 1.92. The van der Waals surface area contributed by atoms with Crippen LogP contribution in [0.3, 0.4) is 0 Å². The highest BCUT2D eigenvalue weighted by molar-refractivity contribution is 5.03. The lowest BCUT2D eigenvalue weighted by atomic mass is 9.51. The molecule has 0 spiro atoms. The maximum Gasteiger partial charge on any atom is 0.100 e. The van der Waals surface area contributed by atoms with E-state index < -0.39 is 0 Å². The van der Waals surface area contributed by atoms with E-state index in [2.05, 4.69) is 20.8 Å². The molecule has 1 nitrogen and oxygen atoms in total. The summed E-state index contributed by atoms with van der Waals surface area (Å²) in [4.78, 5) is 0. The van der Waals surface area contributed by atoms with Gasteiger partial charge in [-0.15, -0.1) is 0 Å².